The molecule has 0 spiro atoms. The Labute approximate surface area is 230 Å². The second-order valence-corrected chi connectivity index (χ2v) is 10.3. The van der Waals surface area contributed by atoms with Gasteiger partial charge in [-0.2, -0.15) is 0 Å². The van der Waals surface area contributed by atoms with Crippen molar-refractivity contribution in [3.63, 3.8) is 0 Å². The van der Waals surface area contributed by atoms with Crippen LogP contribution in [0.2, 0.25) is 0 Å². The lowest BCUT2D eigenvalue weighted by molar-refractivity contribution is -0.130. The number of hydrogen-bond acceptors (Lipinski definition) is 4. The van der Waals surface area contributed by atoms with Crippen LogP contribution in [0, 0.1) is 26.6 Å². The summed E-state index contributed by atoms with van der Waals surface area (Å²) in [6, 6.07) is 18.0. The number of rotatable bonds is 8. The minimum absolute atomic E-state index is 0.0228. The summed E-state index contributed by atoms with van der Waals surface area (Å²) >= 11 is 0. The molecule has 4 rings (SSSR count). The average molecular weight is 530 g/mol. The van der Waals surface area contributed by atoms with Gasteiger partial charge in [0.15, 0.2) is 0 Å². The fraction of sp³-hybridized carbons (Fsp3) is 0.312. The van der Waals surface area contributed by atoms with Crippen molar-refractivity contribution in [2.24, 2.45) is 0 Å². The number of nitrogens with one attached hydrogen (secondary N) is 1. The van der Waals surface area contributed by atoms with Crippen molar-refractivity contribution < 1.29 is 18.7 Å². The van der Waals surface area contributed by atoms with Crippen LogP contribution in [0.25, 0.3) is 0 Å². The van der Waals surface area contributed by atoms with Gasteiger partial charge in [-0.3, -0.25) is 14.5 Å². The maximum absolute atomic E-state index is 14.5. The molecule has 0 aliphatic carbocycles. The van der Waals surface area contributed by atoms with Crippen molar-refractivity contribution in [2.45, 2.75) is 39.8 Å². The molecule has 2 amide bonds. The number of ether oxygens (including phenoxy) is 1. The molecule has 0 bridgehead atoms. The molecular weight excluding hydrogens is 493 g/mol. The predicted octanol–water partition coefficient (Wildman–Crippen LogP) is 5.84. The van der Waals surface area contributed by atoms with Crippen molar-refractivity contribution in [1.29, 1.82) is 0 Å². The summed E-state index contributed by atoms with van der Waals surface area (Å²) in [7, 11) is 0. The largest absolute Gasteiger partial charge is 0.484 e. The Morgan fingerprint density at radius 2 is 1.79 bits per heavy atom. The summed E-state index contributed by atoms with van der Waals surface area (Å²) in [6.07, 6.45) is 0.905. The number of halogens is 1. The molecule has 1 N–H and O–H groups in total. The second kappa shape index (κ2) is 12.3. The molecule has 0 radical (unpaired) electrons. The predicted molar refractivity (Wildman–Crippen MR) is 153 cm³/mol. The van der Waals surface area contributed by atoms with E-state index in [4.69, 9.17) is 4.74 Å². The summed E-state index contributed by atoms with van der Waals surface area (Å²) < 4.78 is 20.9. The topological polar surface area (TPSA) is 61.9 Å². The molecular formula is C32H36FN3O3. The summed E-state index contributed by atoms with van der Waals surface area (Å²) in [5.74, 6) is 0.0238. The van der Waals surface area contributed by atoms with E-state index in [1.165, 1.54) is 12.1 Å². The van der Waals surface area contributed by atoms with Crippen molar-refractivity contribution in [3.05, 3.63) is 107 Å². The highest BCUT2D eigenvalue weighted by Gasteiger charge is 2.28. The Morgan fingerprint density at radius 1 is 1.05 bits per heavy atom. The van der Waals surface area contributed by atoms with Gasteiger partial charge in [0.2, 0.25) is 5.91 Å². The lowest BCUT2D eigenvalue weighted by atomic mass is 10.0. The first-order valence-corrected chi connectivity index (χ1v) is 13.2. The molecule has 0 saturated carbocycles. The lowest BCUT2D eigenvalue weighted by Crippen LogP contribution is -2.54. The second-order valence-electron chi connectivity index (χ2n) is 10.3. The first-order valence-electron chi connectivity index (χ1n) is 13.2. The minimum Gasteiger partial charge on any atom is -0.484 e. The summed E-state index contributed by atoms with van der Waals surface area (Å²) in [5.41, 5.74) is 4.72. The van der Waals surface area contributed by atoms with Crippen LogP contribution in [0.4, 0.5) is 10.1 Å². The highest BCUT2D eigenvalue weighted by atomic mass is 19.1. The molecule has 7 heteroatoms. The number of anilines is 1. The van der Waals surface area contributed by atoms with Gasteiger partial charge in [0, 0.05) is 43.5 Å². The zero-order chi connectivity index (χ0) is 28.1. The fourth-order valence-corrected chi connectivity index (χ4v) is 4.90. The molecule has 0 unspecified atom stereocenters. The van der Waals surface area contributed by atoms with Crippen LogP contribution in [0.3, 0.4) is 0 Å². The van der Waals surface area contributed by atoms with Gasteiger partial charge < -0.3 is 15.0 Å². The molecule has 1 heterocycles. The van der Waals surface area contributed by atoms with Gasteiger partial charge in [0.25, 0.3) is 5.91 Å². The first-order chi connectivity index (χ1) is 18.6. The third-order valence-corrected chi connectivity index (χ3v) is 7.19. The number of aryl methyl sites for hydroxylation is 3. The van der Waals surface area contributed by atoms with Crippen LogP contribution in [-0.2, 0) is 4.79 Å². The zero-order valence-corrected chi connectivity index (χ0v) is 23.0. The summed E-state index contributed by atoms with van der Waals surface area (Å²) in [5, 5.41) is 2.96. The summed E-state index contributed by atoms with van der Waals surface area (Å²) in [6.45, 7) is 13.8. The number of piperazine rings is 1. The van der Waals surface area contributed by atoms with Crippen LogP contribution in [0.5, 0.6) is 5.75 Å². The highest BCUT2D eigenvalue weighted by Crippen LogP contribution is 2.27. The van der Waals surface area contributed by atoms with Gasteiger partial charge in [0.1, 0.15) is 17.7 Å². The Bertz CT molecular complexity index is 1360. The Morgan fingerprint density at radius 3 is 2.44 bits per heavy atom. The molecule has 2 atom stereocenters. The van der Waals surface area contributed by atoms with E-state index in [0.717, 1.165) is 22.4 Å². The number of hydrogen-bond donors (Lipinski definition) is 1. The van der Waals surface area contributed by atoms with Gasteiger partial charge >= 0.3 is 0 Å². The molecule has 1 saturated heterocycles. The highest BCUT2D eigenvalue weighted by molar-refractivity contribution is 6.04. The van der Waals surface area contributed by atoms with Gasteiger partial charge in [-0.25, -0.2) is 4.39 Å². The standard InChI is InChI=1S/C32H36FN3O3/c1-6-31(37)36-16-15-35(19-24(36)5)20-30(26-9-8-22(3)28(33)18-26)39-27-12-10-25(11-13-27)32(38)34-29-14-7-21(2)17-23(29)4/h6-14,17-18,24,30H,1,15-16,19-20H2,2-5H3,(H,34,38)/t24-,30+/m1/s1. The van der Waals surface area contributed by atoms with Crippen molar-refractivity contribution in [1.82, 2.24) is 9.80 Å². The van der Waals surface area contributed by atoms with E-state index in [0.29, 0.717) is 43.1 Å². The van der Waals surface area contributed by atoms with E-state index in [9.17, 15) is 14.0 Å². The molecule has 3 aromatic carbocycles. The van der Waals surface area contributed by atoms with Gasteiger partial charge in [-0.1, -0.05) is 36.4 Å². The van der Waals surface area contributed by atoms with Crippen LogP contribution in [0.15, 0.2) is 73.3 Å². The Kier molecular flexibility index (Phi) is 8.82. The molecule has 204 valence electrons. The van der Waals surface area contributed by atoms with E-state index in [2.05, 4.69) is 16.8 Å². The van der Waals surface area contributed by atoms with Crippen LogP contribution < -0.4 is 10.1 Å². The normalized spacial score (nSPS) is 16.4. The smallest absolute Gasteiger partial charge is 0.255 e. The Balaban J connectivity index is 1.48. The van der Waals surface area contributed by atoms with Crippen LogP contribution in [0.1, 0.15) is 45.6 Å². The van der Waals surface area contributed by atoms with Crippen molar-refractivity contribution in [2.75, 3.05) is 31.5 Å². The molecule has 0 aromatic heterocycles. The monoisotopic (exact) mass is 529 g/mol. The van der Waals surface area contributed by atoms with Gasteiger partial charge in [-0.05, 0) is 86.9 Å². The Hall–Kier alpha value is -3.97. The zero-order valence-electron chi connectivity index (χ0n) is 23.0. The molecule has 1 fully saturated rings. The number of benzene rings is 3. The van der Waals surface area contributed by atoms with E-state index >= 15 is 0 Å². The molecule has 3 aromatic rings. The van der Waals surface area contributed by atoms with E-state index in [1.807, 2.05) is 49.9 Å². The van der Waals surface area contributed by atoms with E-state index < -0.39 is 6.10 Å². The molecule has 1 aliphatic heterocycles. The third kappa shape index (κ3) is 6.92. The minimum atomic E-state index is -0.441. The number of nitrogens with zero attached hydrogens (tertiary/aromatic N) is 2. The average Bonchev–Trinajstić information content (AvgIpc) is 2.91. The maximum atomic E-state index is 14.5. The maximum Gasteiger partial charge on any atom is 0.255 e. The molecule has 39 heavy (non-hydrogen) atoms. The lowest BCUT2D eigenvalue weighted by Gasteiger charge is -2.40. The van der Waals surface area contributed by atoms with Crippen LogP contribution >= 0.6 is 0 Å². The quantitative estimate of drug-likeness (QED) is 0.373. The number of amides is 2. The third-order valence-electron chi connectivity index (χ3n) is 7.19. The van der Waals surface area contributed by atoms with Crippen molar-refractivity contribution in [3.8, 4) is 5.75 Å². The molecule has 6 nitrogen and oxygen atoms in total. The number of carbonyl (C=O) groups excluding carboxylic acids is 2. The van der Waals surface area contributed by atoms with Gasteiger partial charge in [0.05, 0.1) is 0 Å². The SMILES string of the molecule is C=CC(=O)N1CCN(C[C@H](Oc2ccc(C(=O)Nc3ccc(C)cc3C)cc2)c2ccc(C)c(F)c2)C[C@H]1C. The van der Waals surface area contributed by atoms with Crippen molar-refractivity contribution >= 4 is 17.5 Å². The summed E-state index contributed by atoms with van der Waals surface area (Å²) in [4.78, 5) is 29.0. The fourth-order valence-electron chi connectivity index (χ4n) is 4.90. The van der Waals surface area contributed by atoms with E-state index in [1.54, 1.807) is 37.3 Å². The van der Waals surface area contributed by atoms with Gasteiger partial charge in [-0.15, -0.1) is 0 Å². The van der Waals surface area contributed by atoms with E-state index in [-0.39, 0.29) is 23.7 Å². The number of carbonyl (C=O) groups is 2. The van der Waals surface area contributed by atoms with Crippen LogP contribution in [-0.4, -0.2) is 53.8 Å². The first kappa shape index (κ1) is 28.0. The molecule has 1 aliphatic rings.